The first kappa shape index (κ1) is 11.5. The van der Waals surface area contributed by atoms with Crippen LogP contribution in [0.5, 0.6) is 0 Å². The minimum absolute atomic E-state index is 0.165. The smallest absolute Gasteiger partial charge is 0.225 e. The molecule has 76 valence electrons. The summed E-state index contributed by atoms with van der Waals surface area (Å²) in [6.45, 7) is 0. The van der Waals surface area contributed by atoms with Crippen LogP contribution in [0.3, 0.4) is 0 Å². The van der Waals surface area contributed by atoms with Crippen molar-refractivity contribution in [1.29, 1.82) is 0 Å². The maximum atomic E-state index is 13.0. The Morgan fingerprint density at radius 1 is 1.57 bits per heavy atom. The van der Waals surface area contributed by atoms with Gasteiger partial charge in [-0.05, 0) is 39.9 Å². The molecular formula is C9H9BrFNOS. The van der Waals surface area contributed by atoms with E-state index >= 15 is 0 Å². The third-order valence-electron chi connectivity index (χ3n) is 1.54. The van der Waals surface area contributed by atoms with E-state index in [1.165, 1.54) is 6.07 Å². The Hall–Kier alpha value is -0.550. The predicted octanol–water partition coefficient (Wildman–Crippen LogP) is 2.85. The van der Waals surface area contributed by atoms with Gasteiger partial charge in [-0.25, -0.2) is 4.39 Å². The summed E-state index contributed by atoms with van der Waals surface area (Å²) >= 11 is 6.95. The lowest BCUT2D eigenvalue weighted by atomic mass is 10.3. The first-order chi connectivity index (χ1) is 6.63. The molecule has 5 heteroatoms. The van der Waals surface area contributed by atoms with Crippen molar-refractivity contribution in [2.24, 2.45) is 0 Å². The quantitative estimate of drug-likeness (QED) is 0.818. The van der Waals surface area contributed by atoms with Crippen LogP contribution in [-0.4, -0.2) is 11.7 Å². The van der Waals surface area contributed by atoms with E-state index in [0.717, 1.165) is 0 Å². The van der Waals surface area contributed by atoms with Gasteiger partial charge in [0.05, 0.1) is 4.47 Å². The fraction of sp³-hybridized carbons (Fsp3) is 0.222. The third-order valence-corrected chi connectivity index (χ3v) is 2.41. The molecule has 0 aliphatic heterocycles. The van der Waals surface area contributed by atoms with E-state index in [1.807, 2.05) is 0 Å². The molecule has 0 aromatic heterocycles. The second-order valence-electron chi connectivity index (χ2n) is 2.65. The molecule has 1 aromatic carbocycles. The lowest BCUT2D eigenvalue weighted by Gasteiger charge is -2.04. The first-order valence-electron chi connectivity index (χ1n) is 3.99. The minimum Gasteiger partial charge on any atom is -0.326 e. The zero-order chi connectivity index (χ0) is 10.6. The zero-order valence-corrected chi connectivity index (χ0v) is 9.74. The highest BCUT2D eigenvalue weighted by Crippen LogP contribution is 2.19. The summed E-state index contributed by atoms with van der Waals surface area (Å²) in [5.74, 6) is -0.0828. The van der Waals surface area contributed by atoms with E-state index < -0.39 is 5.82 Å². The van der Waals surface area contributed by atoms with E-state index in [0.29, 0.717) is 22.3 Å². The van der Waals surface area contributed by atoms with Crippen LogP contribution in [0.2, 0.25) is 0 Å². The summed E-state index contributed by atoms with van der Waals surface area (Å²) in [6, 6.07) is 4.44. The molecule has 0 heterocycles. The molecule has 1 N–H and O–H groups in total. The summed E-state index contributed by atoms with van der Waals surface area (Å²) in [4.78, 5) is 11.1. The highest BCUT2D eigenvalue weighted by molar-refractivity contribution is 9.10. The molecule has 14 heavy (non-hydrogen) atoms. The fourth-order valence-electron chi connectivity index (χ4n) is 0.899. The second-order valence-corrected chi connectivity index (χ2v) is 3.95. The number of rotatable bonds is 3. The molecule has 2 nitrogen and oxygen atoms in total. The van der Waals surface area contributed by atoms with Gasteiger partial charge >= 0.3 is 0 Å². The molecule has 0 aliphatic carbocycles. The summed E-state index contributed by atoms with van der Waals surface area (Å²) in [6.07, 6.45) is 0.320. The van der Waals surface area contributed by atoms with Crippen molar-refractivity contribution in [2.75, 3.05) is 11.1 Å². The Bertz CT molecular complexity index is 346. The topological polar surface area (TPSA) is 29.1 Å². The number of thiol groups is 1. The van der Waals surface area contributed by atoms with Gasteiger partial charge in [0, 0.05) is 12.1 Å². The average molecular weight is 278 g/mol. The van der Waals surface area contributed by atoms with Crippen LogP contribution >= 0.6 is 28.6 Å². The summed E-state index contributed by atoms with van der Waals surface area (Å²) < 4.78 is 13.4. The molecule has 0 atom stereocenters. The van der Waals surface area contributed by atoms with Gasteiger partial charge in [-0.2, -0.15) is 12.6 Å². The van der Waals surface area contributed by atoms with Gasteiger partial charge < -0.3 is 5.32 Å². The van der Waals surface area contributed by atoms with Crippen LogP contribution in [0, 0.1) is 5.82 Å². The number of benzene rings is 1. The van der Waals surface area contributed by atoms with Crippen molar-refractivity contribution in [1.82, 2.24) is 0 Å². The summed E-state index contributed by atoms with van der Waals surface area (Å²) in [5.41, 5.74) is 0.456. The molecule has 0 unspecified atom stereocenters. The van der Waals surface area contributed by atoms with Crippen LogP contribution in [-0.2, 0) is 4.79 Å². The molecule has 1 amide bonds. The number of anilines is 1. The zero-order valence-electron chi connectivity index (χ0n) is 7.26. The Morgan fingerprint density at radius 2 is 2.29 bits per heavy atom. The van der Waals surface area contributed by atoms with Crippen LogP contribution < -0.4 is 5.32 Å². The maximum absolute atomic E-state index is 13.0. The molecule has 0 fully saturated rings. The first-order valence-corrected chi connectivity index (χ1v) is 5.42. The van der Waals surface area contributed by atoms with Crippen molar-refractivity contribution < 1.29 is 9.18 Å². The van der Waals surface area contributed by atoms with Crippen molar-refractivity contribution in [3.05, 3.63) is 28.5 Å². The van der Waals surface area contributed by atoms with Gasteiger partial charge in [-0.3, -0.25) is 4.79 Å². The normalized spacial score (nSPS) is 9.93. The number of carbonyl (C=O) groups is 1. The van der Waals surface area contributed by atoms with E-state index in [9.17, 15) is 9.18 Å². The highest BCUT2D eigenvalue weighted by atomic mass is 79.9. The van der Waals surface area contributed by atoms with E-state index in [4.69, 9.17) is 0 Å². The molecule has 1 aromatic rings. The highest BCUT2D eigenvalue weighted by Gasteiger charge is 2.03. The number of carbonyl (C=O) groups excluding carboxylic acids is 1. The van der Waals surface area contributed by atoms with Crippen molar-refractivity contribution in [3.8, 4) is 0 Å². The van der Waals surface area contributed by atoms with Gasteiger partial charge in [0.1, 0.15) is 5.82 Å². The molecular weight excluding hydrogens is 269 g/mol. The molecule has 0 aliphatic rings. The summed E-state index contributed by atoms with van der Waals surface area (Å²) in [7, 11) is 0. The van der Waals surface area contributed by atoms with E-state index in [-0.39, 0.29) is 5.91 Å². The fourth-order valence-corrected chi connectivity index (χ4v) is 1.35. The van der Waals surface area contributed by atoms with Gasteiger partial charge in [-0.15, -0.1) is 0 Å². The molecule has 0 bridgehead atoms. The lowest BCUT2D eigenvalue weighted by Crippen LogP contribution is -2.11. The van der Waals surface area contributed by atoms with Gasteiger partial charge in [0.15, 0.2) is 0 Å². The monoisotopic (exact) mass is 277 g/mol. The number of halogens is 2. The predicted molar refractivity (Wildman–Crippen MR) is 61.2 cm³/mol. The Morgan fingerprint density at radius 3 is 2.86 bits per heavy atom. The number of hydrogen-bond acceptors (Lipinski definition) is 2. The molecule has 0 spiro atoms. The maximum Gasteiger partial charge on any atom is 0.225 e. The van der Waals surface area contributed by atoms with Crippen LogP contribution in [0.4, 0.5) is 10.1 Å². The molecule has 0 radical (unpaired) electrons. The lowest BCUT2D eigenvalue weighted by molar-refractivity contribution is -0.115. The molecule has 0 saturated carbocycles. The second kappa shape index (κ2) is 5.36. The Labute approximate surface area is 95.4 Å². The van der Waals surface area contributed by atoms with Crippen LogP contribution in [0.15, 0.2) is 22.7 Å². The third kappa shape index (κ3) is 3.31. The van der Waals surface area contributed by atoms with Crippen molar-refractivity contribution in [2.45, 2.75) is 6.42 Å². The van der Waals surface area contributed by atoms with Crippen LogP contribution in [0.25, 0.3) is 0 Å². The van der Waals surface area contributed by atoms with Crippen molar-refractivity contribution in [3.63, 3.8) is 0 Å². The summed E-state index contributed by atoms with van der Waals surface area (Å²) in [5, 5.41) is 2.56. The number of nitrogens with one attached hydrogen (secondary N) is 1. The Balaban J connectivity index is 2.68. The van der Waals surface area contributed by atoms with Gasteiger partial charge in [-0.1, -0.05) is 0 Å². The van der Waals surface area contributed by atoms with E-state index in [2.05, 4.69) is 33.9 Å². The Kier molecular flexibility index (Phi) is 4.41. The standard InChI is InChI=1S/C9H9BrFNOS/c10-7-2-1-6(5-8(7)11)12-9(13)3-4-14/h1-2,5,14H,3-4H2,(H,12,13). The molecule has 1 rings (SSSR count). The van der Waals surface area contributed by atoms with Crippen molar-refractivity contribution >= 4 is 40.2 Å². The largest absolute Gasteiger partial charge is 0.326 e. The van der Waals surface area contributed by atoms with Gasteiger partial charge in [0.2, 0.25) is 5.91 Å². The number of hydrogen-bond donors (Lipinski definition) is 2. The molecule has 0 saturated heterocycles. The van der Waals surface area contributed by atoms with E-state index in [1.54, 1.807) is 12.1 Å². The van der Waals surface area contributed by atoms with Gasteiger partial charge in [0.25, 0.3) is 0 Å². The minimum atomic E-state index is -0.395. The average Bonchev–Trinajstić information content (AvgIpc) is 2.12. The number of amides is 1. The SMILES string of the molecule is O=C(CCS)Nc1ccc(Br)c(F)c1. The van der Waals surface area contributed by atoms with Crippen LogP contribution in [0.1, 0.15) is 6.42 Å².